The van der Waals surface area contributed by atoms with Crippen molar-refractivity contribution in [3.05, 3.63) is 42.7 Å². The Bertz CT molecular complexity index is 637. The summed E-state index contributed by atoms with van der Waals surface area (Å²) in [5.74, 6) is -1.69. The Labute approximate surface area is 102 Å². The number of aromatic nitrogens is 2. The average Bonchev–Trinajstić information content (AvgIpc) is 2.36. The van der Waals surface area contributed by atoms with Crippen LogP contribution in [0.15, 0.2) is 42.7 Å². The number of aliphatic carboxylic acids is 1. The van der Waals surface area contributed by atoms with Crippen LogP contribution in [0, 0.1) is 0 Å². The molecule has 90 valence electrons. The van der Waals surface area contributed by atoms with E-state index in [1.165, 1.54) is 0 Å². The van der Waals surface area contributed by atoms with Crippen molar-refractivity contribution in [3.63, 3.8) is 0 Å². The molecule has 2 rings (SSSR count). The number of amides is 1. The number of benzene rings is 1. The van der Waals surface area contributed by atoms with Crippen molar-refractivity contribution < 1.29 is 14.7 Å². The molecule has 1 heterocycles. The smallest absolute Gasteiger partial charge is 0.328 e. The number of carbonyl (C=O) groups is 2. The fourth-order valence-electron chi connectivity index (χ4n) is 1.37. The Kier molecular flexibility index (Phi) is 3.29. The normalized spacial score (nSPS) is 10.7. The number of carboxylic acid groups (broad SMARTS) is 1. The number of carboxylic acids is 1. The quantitative estimate of drug-likeness (QED) is 0.790. The SMILES string of the molecule is O=C(O)C=CC(=O)Nc1ccc2nccnc2c1. The lowest BCUT2D eigenvalue weighted by atomic mass is 10.2. The van der Waals surface area contributed by atoms with E-state index in [1.807, 2.05) is 0 Å². The van der Waals surface area contributed by atoms with Gasteiger partial charge in [0.15, 0.2) is 0 Å². The molecule has 0 radical (unpaired) electrons. The molecule has 0 spiro atoms. The fraction of sp³-hybridized carbons (Fsp3) is 0. The second-order valence-corrected chi connectivity index (χ2v) is 3.42. The van der Waals surface area contributed by atoms with Crippen LogP contribution in [-0.4, -0.2) is 27.0 Å². The van der Waals surface area contributed by atoms with Crippen LogP contribution in [0.4, 0.5) is 5.69 Å². The molecule has 1 aromatic carbocycles. The van der Waals surface area contributed by atoms with Crippen molar-refractivity contribution in [3.8, 4) is 0 Å². The molecular formula is C12H9N3O3. The summed E-state index contributed by atoms with van der Waals surface area (Å²) in [4.78, 5) is 29.8. The van der Waals surface area contributed by atoms with Crippen molar-refractivity contribution in [2.24, 2.45) is 0 Å². The van der Waals surface area contributed by atoms with Gasteiger partial charge in [-0.3, -0.25) is 14.8 Å². The summed E-state index contributed by atoms with van der Waals surface area (Å²) < 4.78 is 0. The summed E-state index contributed by atoms with van der Waals surface area (Å²) in [5.41, 5.74) is 1.90. The molecule has 0 aliphatic carbocycles. The maximum atomic E-state index is 11.4. The van der Waals surface area contributed by atoms with Crippen molar-refractivity contribution in [1.29, 1.82) is 0 Å². The van der Waals surface area contributed by atoms with Crippen LogP contribution in [0.5, 0.6) is 0 Å². The van der Waals surface area contributed by atoms with E-state index in [4.69, 9.17) is 5.11 Å². The molecule has 0 saturated heterocycles. The first-order valence-corrected chi connectivity index (χ1v) is 5.08. The van der Waals surface area contributed by atoms with Gasteiger partial charge in [0.1, 0.15) is 0 Å². The van der Waals surface area contributed by atoms with Crippen molar-refractivity contribution in [2.45, 2.75) is 0 Å². The van der Waals surface area contributed by atoms with Gasteiger partial charge in [-0.15, -0.1) is 0 Å². The Morgan fingerprint density at radius 2 is 1.83 bits per heavy atom. The molecular weight excluding hydrogens is 234 g/mol. The highest BCUT2D eigenvalue weighted by Crippen LogP contribution is 2.14. The molecule has 2 N–H and O–H groups in total. The van der Waals surface area contributed by atoms with E-state index >= 15 is 0 Å². The third-order valence-corrected chi connectivity index (χ3v) is 2.11. The van der Waals surface area contributed by atoms with Crippen LogP contribution in [0.3, 0.4) is 0 Å². The highest BCUT2D eigenvalue weighted by Gasteiger charge is 2.01. The highest BCUT2D eigenvalue weighted by molar-refractivity contribution is 6.02. The van der Waals surface area contributed by atoms with Crippen LogP contribution in [-0.2, 0) is 9.59 Å². The van der Waals surface area contributed by atoms with E-state index < -0.39 is 11.9 Å². The summed E-state index contributed by atoms with van der Waals surface area (Å²) in [6.45, 7) is 0. The lowest BCUT2D eigenvalue weighted by Crippen LogP contribution is -2.08. The highest BCUT2D eigenvalue weighted by atomic mass is 16.4. The molecule has 18 heavy (non-hydrogen) atoms. The minimum Gasteiger partial charge on any atom is -0.478 e. The van der Waals surface area contributed by atoms with Gasteiger partial charge in [-0.25, -0.2) is 4.79 Å². The second kappa shape index (κ2) is 5.05. The van der Waals surface area contributed by atoms with Crippen LogP contribution < -0.4 is 5.32 Å². The molecule has 1 amide bonds. The van der Waals surface area contributed by atoms with Crippen molar-refractivity contribution in [1.82, 2.24) is 9.97 Å². The van der Waals surface area contributed by atoms with Gasteiger partial charge in [0.25, 0.3) is 0 Å². The van der Waals surface area contributed by atoms with Gasteiger partial charge in [0.2, 0.25) is 5.91 Å². The fourth-order valence-corrected chi connectivity index (χ4v) is 1.37. The van der Waals surface area contributed by atoms with Gasteiger partial charge in [-0.05, 0) is 18.2 Å². The van der Waals surface area contributed by atoms with Gasteiger partial charge in [0.05, 0.1) is 11.0 Å². The summed E-state index contributed by atoms with van der Waals surface area (Å²) in [5, 5.41) is 10.9. The largest absolute Gasteiger partial charge is 0.478 e. The molecule has 0 unspecified atom stereocenters. The molecule has 0 saturated carbocycles. The van der Waals surface area contributed by atoms with Gasteiger partial charge < -0.3 is 10.4 Å². The first-order chi connectivity index (χ1) is 8.65. The number of nitrogens with zero attached hydrogens (tertiary/aromatic N) is 2. The number of hydrogen-bond acceptors (Lipinski definition) is 4. The first kappa shape index (κ1) is 11.7. The molecule has 1 aromatic heterocycles. The van der Waals surface area contributed by atoms with E-state index in [1.54, 1.807) is 30.6 Å². The van der Waals surface area contributed by atoms with Crippen LogP contribution >= 0.6 is 0 Å². The molecule has 0 fully saturated rings. The Balaban J connectivity index is 2.17. The summed E-state index contributed by atoms with van der Waals surface area (Å²) in [6, 6.07) is 5.05. The standard InChI is InChI=1S/C12H9N3O3/c16-11(3-4-12(17)18)15-8-1-2-9-10(7-8)14-6-5-13-9/h1-7H,(H,15,16)(H,17,18). The third kappa shape index (κ3) is 2.88. The summed E-state index contributed by atoms with van der Waals surface area (Å²) >= 11 is 0. The minimum atomic E-state index is -1.17. The number of hydrogen-bond donors (Lipinski definition) is 2. The van der Waals surface area contributed by atoms with Gasteiger partial charge in [0, 0.05) is 30.2 Å². The maximum absolute atomic E-state index is 11.4. The van der Waals surface area contributed by atoms with Gasteiger partial charge >= 0.3 is 5.97 Å². The maximum Gasteiger partial charge on any atom is 0.328 e. The predicted octanol–water partition coefficient (Wildman–Crippen LogP) is 1.21. The molecule has 0 atom stereocenters. The molecule has 6 heteroatoms. The minimum absolute atomic E-state index is 0.513. The Hall–Kier alpha value is -2.76. The van der Waals surface area contributed by atoms with Crippen molar-refractivity contribution >= 4 is 28.6 Å². The van der Waals surface area contributed by atoms with E-state index in [-0.39, 0.29) is 0 Å². The lowest BCUT2D eigenvalue weighted by Gasteiger charge is -2.02. The zero-order valence-electron chi connectivity index (χ0n) is 9.20. The summed E-state index contributed by atoms with van der Waals surface area (Å²) in [6.07, 6.45) is 4.85. The number of anilines is 1. The van der Waals surface area contributed by atoms with E-state index in [0.29, 0.717) is 11.2 Å². The van der Waals surface area contributed by atoms with Crippen LogP contribution in [0.25, 0.3) is 11.0 Å². The van der Waals surface area contributed by atoms with E-state index in [0.717, 1.165) is 17.7 Å². The lowest BCUT2D eigenvalue weighted by molar-refractivity contribution is -0.131. The molecule has 0 bridgehead atoms. The Morgan fingerprint density at radius 3 is 2.56 bits per heavy atom. The monoisotopic (exact) mass is 243 g/mol. The molecule has 2 aromatic rings. The number of rotatable bonds is 3. The Morgan fingerprint density at radius 1 is 1.11 bits per heavy atom. The number of nitrogens with one attached hydrogen (secondary N) is 1. The van der Waals surface area contributed by atoms with E-state index in [2.05, 4.69) is 15.3 Å². The molecule has 0 aliphatic heterocycles. The average molecular weight is 243 g/mol. The zero-order valence-corrected chi connectivity index (χ0v) is 9.20. The molecule has 6 nitrogen and oxygen atoms in total. The van der Waals surface area contributed by atoms with Crippen LogP contribution in [0.1, 0.15) is 0 Å². The van der Waals surface area contributed by atoms with Crippen LogP contribution in [0.2, 0.25) is 0 Å². The van der Waals surface area contributed by atoms with E-state index in [9.17, 15) is 9.59 Å². The van der Waals surface area contributed by atoms with Crippen molar-refractivity contribution in [2.75, 3.05) is 5.32 Å². The molecule has 0 aliphatic rings. The topological polar surface area (TPSA) is 92.2 Å². The zero-order chi connectivity index (χ0) is 13.0. The number of fused-ring (bicyclic) bond motifs is 1. The van der Waals surface area contributed by atoms with Gasteiger partial charge in [-0.2, -0.15) is 0 Å². The summed E-state index contributed by atoms with van der Waals surface area (Å²) in [7, 11) is 0. The number of carbonyl (C=O) groups excluding carboxylic acids is 1. The predicted molar refractivity (Wildman–Crippen MR) is 64.9 cm³/mol. The second-order valence-electron chi connectivity index (χ2n) is 3.42. The third-order valence-electron chi connectivity index (χ3n) is 2.11. The first-order valence-electron chi connectivity index (χ1n) is 5.08. The van der Waals surface area contributed by atoms with Gasteiger partial charge in [-0.1, -0.05) is 0 Å².